The van der Waals surface area contributed by atoms with E-state index in [0.717, 1.165) is 64.2 Å². The van der Waals surface area contributed by atoms with Crippen LogP contribution in [0.4, 0.5) is 0 Å². The second kappa shape index (κ2) is 51.3. The van der Waals surface area contributed by atoms with Gasteiger partial charge in [0.25, 0.3) is 0 Å². The molecule has 0 aliphatic rings. The quantitative estimate of drug-likeness (QED) is 0.0199. The summed E-state index contributed by atoms with van der Waals surface area (Å²) < 4.78 is 16.8. The summed E-state index contributed by atoms with van der Waals surface area (Å²) in [7, 11) is 0. The molecule has 0 bridgehead atoms. The Kier molecular flexibility index (Phi) is 49.3. The molecule has 1 atom stereocenters. The monoisotopic (exact) mass is 871 g/mol. The van der Waals surface area contributed by atoms with Crippen molar-refractivity contribution in [3.63, 3.8) is 0 Å². The lowest BCUT2D eigenvalue weighted by Gasteiger charge is -2.18. The predicted octanol–water partition coefficient (Wildman–Crippen LogP) is 17.7. The van der Waals surface area contributed by atoms with Crippen molar-refractivity contribution in [2.75, 3.05) is 13.2 Å². The van der Waals surface area contributed by atoms with Gasteiger partial charge in [0.2, 0.25) is 0 Å². The van der Waals surface area contributed by atoms with Crippen molar-refractivity contribution < 1.29 is 28.6 Å². The van der Waals surface area contributed by atoms with Gasteiger partial charge in [0.1, 0.15) is 13.2 Å². The highest BCUT2D eigenvalue weighted by molar-refractivity contribution is 5.71. The minimum atomic E-state index is -0.772. The van der Waals surface area contributed by atoms with E-state index in [0.29, 0.717) is 19.3 Å². The van der Waals surface area contributed by atoms with E-state index in [1.165, 1.54) is 180 Å². The molecule has 1 unspecified atom stereocenters. The summed E-state index contributed by atoms with van der Waals surface area (Å²) in [5.41, 5.74) is 0. The van der Waals surface area contributed by atoms with Crippen LogP contribution in [0.15, 0.2) is 36.5 Å². The summed E-state index contributed by atoms with van der Waals surface area (Å²) in [5.74, 6) is -0.874. The third kappa shape index (κ3) is 48.7. The molecule has 6 nitrogen and oxygen atoms in total. The molecule has 0 rings (SSSR count). The van der Waals surface area contributed by atoms with Crippen molar-refractivity contribution >= 4 is 17.9 Å². The van der Waals surface area contributed by atoms with Crippen LogP contribution in [-0.4, -0.2) is 37.2 Å². The van der Waals surface area contributed by atoms with Gasteiger partial charge in [-0.1, -0.05) is 237 Å². The number of carbonyl (C=O) groups is 3. The molecular weight excluding hydrogens is 769 g/mol. The number of esters is 3. The fourth-order valence-corrected chi connectivity index (χ4v) is 7.77. The van der Waals surface area contributed by atoms with E-state index in [1.807, 2.05) is 0 Å². The summed E-state index contributed by atoms with van der Waals surface area (Å²) in [6, 6.07) is 0. The maximum absolute atomic E-state index is 12.8. The van der Waals surface area contributed by atoms with Crippen molar-refractivity contribution in [1.82, 2.24) is 0 Å². The lowest BCUT2D eigenvalue weighted by Crippen LogP contribution is -2.30. The summed E-state index contributed by atoms with van der Waals surface area (Å²) >= 11 is 0. The van der Waals surface area contributed by atoms with Crippen LogP contribution >= 0.6 is 0 Å². The van der Waals surface area contributed by atoms with E-state index in [-0.39, 0.29) is 31.1 Å². The highest BCUT2D eigenvalue weighted by atomic mass is 16.6. The van der Waals surface area contributed by atoms with Crippen LogP contribution in [0.3, 0.4) is 0 Å². The summed E-state index contributed by atoms with van der Waals surface area (Å²) in [6.45, 7) is 6.59. The molecular formula is C56H102O6. The van der Waals surface area contributed by atoms with Gasteiger partial charge in [0.15, 0.2) is 6.10 Å². The maximum Gasteiger partial charge on any atom is 0.306 e. The molecule has 0 saturated carbocycles. The van der Waals surface area contributed by atoms with Crippen LogP contribution in [0.5, 0.6) is 0 Å². The summed E-state index contributed by atoms with van der Waals surface area (Å²) in [5, 5.41) is 0. The van der Waals surface area contributed by atoms with E-state index in [4.69, 9.17) is 14.2 Å². The molecule has 0 radical (unpaired) electrons. The summed E-state index contributed by atoms with van der Waals surface area (Å²) in [4.78, 5) is 38.0. The van der Waals surface area contributed by atoms with E-state index in [2.05, 4.69) is 57.2 Å². The maximum atomic E-state index is 12.8. The molecule has 0 aromatic heterocycles. The number of unbranched alkanes of at least 4 members (excludes halogenated alkanes) is 33. The molecule has 0 aliphatic carbocycles. The van der Waals surface area contributed by atoms with E-state index in [1.54, 1.807) is 0 Å². The molecule has 0 amide bonds. The standard InChI is InChI=1S/C56H102O6/c1-4-7-10-13-16-19-22-24-26-27-28-29-30-32-34-37-40-43-46-49-55(58)61-52-53(51-60-54(57)48-45-42-39-36-33-21-18-15-12-9-6-3)62-56(59)50-47-44-41-38-35-31-25-23-20-17-14-11-8-5-2/h15-16,18-19,22,24,53H,4-14,17,20-21,23,25-52H2,1-3H3/b18-15-,19-16-,24-22-. The SMILES string of the molecule is CCCC/C=C\CCCCCCCC(=O)OCC(COC(=O)CCCCCCCCCCCC/C=C\C=C/CCCCC)OC(=O)CCCCCCCCCCCCCCCC. The Balaban J connectivity index is 4.30. The number of carbonyl (C=O) groups excluding carboxylic acids is 3. The summed E-state index contributed by atoms with van der Waals surface area (Å²) in [6.07, 6.45) is 59.8. The first-order valence-corrected chi connectivity index (χ1v) is 27.0. The largest absolute Gasteiger partial charge is 0.462 e. The molecule has 0 fully saturated rings. The predicted molar refractivity (Wildman–Crippen MR) is 266 cm³/mol. The molecule has 0 aliphatic heterocycles. The molecule has 0 N–H and O–H groups in total. The second-order valence-electron chi connectivity index (χ2n) is 18.2. The Hall–Kier alpha value is -2.37. The molecule has 0 aromatic rings. The zero-order chi connectivity index (χ0) is 45.1. The molecule has 0 heterocycles. The van der Waals surface area contributed by atoms with Crippen LogP contribution in [0, 0.1) is 0 Å². The lowest BCUT2D eigenvalue weighted by molar-refractivity contribution is -0.167. The minimum absolute atomic E-state index is 0.0735. The molecule has 6 heteroatoms. The van der Waals surface area contributed by atoms with Crippen LogP contribution in [0.25, 0.3) is 0 Å². The average molecular weight is 871 g/mol. The highest BCUT2D eigenvalue weighted by Gasteiger charge is 2.19. The van der Waals surface area contributed by atoms with Gasteiger partial charge in [-0.15, -0.1) is 0 Å². The van der Waals surface area contributed by atoms with Crippen LogP contribution < -0.4 is 0 Å². The fourth-order valence-electron chi connectivity index (χ4n) is 7.77. The molecule has 0 aromatic carbocycles. The molecule has 362 valence electrons. The first-order valence-electron chi connectivity index (χ1n) is 27.0. The normalized spacial score (nSPS) is 12.2. The Morgan fingerprint density at radius 2 is 0.597 bits per heavy atom. The molecule has 62 heavy (non-hydrogen) atoms. The van der Waals surface area contributed by atoms with Crippen molar-refractivity contribution in [2.24, 2.45) is 0 Å². The Bertz CT molecular complexity index is 1050. The average Bonchev–Trinajstić information content (AvgIpc) is 3.27. The third-order valence-electron chi connectivity index (χ3n) is 11.9. The van der Waals surface area contributed by atoms with Crippen molar-refractivity contribution in [3.8, 4) is 0 Å². The first-order chi connectivity index (χ1) is 30.5. The van der Waals surface area contributed by atoms with E-state index >= 15 is 0 Å². The van der Waals surface area contributed by atoms with Gasteiger partial charge in [0, 0.05) is 19.3 Å². The smallest absolute Gasteiger partial charge is 0.306 e. The number of allylic oxidation sites excluding steroid dienone is 6. The van der Waals surface area contributed by atoms with Gasteiger partial charge < -0.3 is 14.2 Å². The Morgan fingerprint density at radius 3 is 0.984 bits per heavy atom. The number of hydrogen-bond acceptors (Lipinski definition) is 6. The molecule has 0 saturated heterocycles. The van der Waals surface area contributed by atoms with Crippen molar-refractivity contribution in [3.05, 3.63) is 36.5 Å². The van der Waals surface area contributed by atoms with Crippen LogP contribution in [0.1, 0.15) is 284 Å². The van der Waals surface area contributed by atoms with E-state index < -0.39 is 6.10 Å². The van der Waals surface area contributed by atoms with Gasteiger partial charge in [0.05, 0.1) is 0 Å². The minimum Gasteiger partial charge on any atom is -0.462 e. The second-order valence-corrected chi connectivity index (χ2v) is 18.2. The van der Waals surface area contributed by atoms with Gasteiger partial charge >= 0.3 is 17.9 Å². The first kappa shape index (κ1) is 59.6. The third-order valence-corrected chi connectivity index (χ3v) is 11.9. The zero-order valence-corrected chi connectivity index (χ0v) is 41.4. The van der Waals surface area contributed by atoms with Gasteiger partial charge in [-0.05, 0) is 64.2 Å². The van der Waals surface area contributed by atoms with E-state index in [9.17, 15) is 14.4 Å². The van der Waals surface area contributed by atoms with Crippen LogP contribution in [0.2, 0.25) is 0 Å². The number of ether oxygens (including phenoxy) is 3. The van der Waals surface area contributed by atoms with Gasteiger partial charge in [-0.2, -0.15) is 0 Å². The van der Waals surface area contributed by atoms with Crippen molar-refractivity contribution in [2.45, 2.75) is 290 Å². The zero-order valence-electron chi connectivity index (χ0n) is 41.4. The lowest BCUT2D eigenvalue weighted by atomic mass is 10.0. The Labute approximate surface area is 385 Å². The van der Waals surface area contributed by atoms with Crippen LogP contribution in [-0.2, 0) is 28.6 Å². The topological polar surface area (TPSA) is 78.9 Å². The highest BCUT2D eigenvalue weighted by Crippen LogP contribution is 2.16. The molecule has 0 spiro atoms. The number of hydrogen-bond donors (Lipinski definition) is 0. The van der Waals surface area contributed by atoms with Gasteiger partial charge in [-0.3, -0.25) is 14.4 Å². The van der Waals surface area contributed by atoms with Crippen molar-refractivity contribution in [1.29, 1.82) is 0 Å². The number of rotatable bonds is 49. The fraction of sp³-hybridized carbons (Fsp3) is 0.839. The van der Waals surface area contributed by atoms with Gasteiger partial charge in [-0.25, -0.2) is 0 Å². The Morgan fingerprint density at radius 1 is 0.323 bits per heavy atom.